The quantitative estimate of drug-likeness (QED) is 0.193. The highest BCUT2D eigenvalue weighted by atomic mass is 19.4. The molecule has 39 heavy (non-hydrogen) atoms. The van der Waals surface area contributed by atoms with E-state index in [4.69, 9.17) is 5.73 Å². The van der Waals surface area contributed by atoms with Crippen molar-refractivity contribution in [3.8, 4) is 11.3 Å². The maximum Gasteiger partial charge on any atom is 0.435 e. The van der Waals surface area contributed by atoms with Crippen molar-refractivity contribution in [3.05, 3.63) is 59.8 Å². The van der Waals surface area contributed by atoms with Crippen molar-refractivity contribution in [2.24, 2.45) is 5.73 Å². The number of rotatable bonds is 10. The Morgan fingerprint density at radius 2 is 1.95 bits per heavy atom. The zero-order valence-corrected chi connectivity index (χ0v) is 21.3. The molecule has 14 heteroatoms. The van der Waals surface area contributed by atoms with E-state index in [1.807, 2.05) is 13.0 Å². The molecule has 1 aromatic carbocycles. The molecule has 0 aliphatic rings. The molecule has 0 unspecified atom stereocenters. The minimum atomic E-state index is -4.63. The van der Waals surface area contributed by atoms with E-state index in [-0.39, 0.29) is 23.1 Å². The monoisotopic (exact) mass is 543 g/mol. The van der Waals surface area contributed by atoms with Gasteiger partial charge < -0.3 is 21.7 Å². The number of hydrogen-bond donors (Lipinski definition) is 5. The second-order valence-electron chi connectivity index (χ2n) is 8.80. The Kier molecular flexibility index (Phi) is 8.14. The molecule has 4 rings (SSSR count). The molecule has 3 aromatic heterocycles. The van der Waals surface area contributed by atoms with Crippen LogP contribution < -0.4 is 21.7 Å². The number of nitrogens with two attached hydrogens (primary N) is 1. The van der Waals surface area contributed by atoms with E-state index in [1.165, 1.54) is 29.2 Å². The van der Waals surface area contributed by atoms with Crippen LogP contribution in [0.5, 0.6) is 0 Å². The Morgan fingerprint density at radius 1 is 1.18 bits per heavy atom. The SMILES string of the molecule is CCc1cc(Nc2nccn3c(-c4c[nH]nc4C(F)(F)F)cnc23)ccc1C(=O)NCCCNC(=O)[C@@H](C)N. The number of H-pyrrole nitrogens is 1. The summed E-state index contributed by atoms with van der Waals surface area (Å²) >= 11 is 0. The number of fused-ring (bicyclic) bond motifs is 1. The number of hydrogen-bond acceptors (Lipinski definition) is 7. The third-order valence-electron chi connectivity index (χ3n) is 5.96. The molecule has 206 valence electrons. The van der Waals surface area contributed by atoms with Gasteiger partial charge in [-0.3, -0.25) is 19.1 Å². The van der Waals surface area contributed by atoms with Crippen LogP contribution in [-0.2, 0) is 17.4 Å². The van der Waals surface area contributed by atoms with Crippen molar-refractivity contribution in [3.63, 3.8) is 0 Å². The molecule has 2 amide bonds. The number of aromatic amines is 1. The van der Waals surface area contributed by atoms with Gasteiger partial charge >= 0.3 is 6.18 Å². The van der Waals surface area contributed by atoms with E-state index in [1.54, 1.807) is 19.1 Å². The van der Waals surface area contributed by atoms with Gasteiger partial charge in [-0.15, -0.1) is 0 Å². The number of nitrogens with one attached hydrogen (secondary N) is 4. The fraction of sp³-hybridized carbons (Fsp3) is 0.320. The van der Waals surface area contributed by atoms with E-state index in [0.717, 1.165) is 5.56 Å². The minimum absolute atomic E-state index is 0.132. The molecule has 0 saturated heterocycles. The third kappa shape index (κ3) is 6.17. The summed E-state index contributed by atoms with van der Waals surface area (Å²) in [5, 5.41) is 14.3. The summed E-state index contributed by atoms with van der Waals surface area (Å²) < 4.78 is 41.6. The second kappa shape index (κ2) is 11.5. The van der Waals surface area contributed by atoms with Crippen LogP contribution in [0.3, 0.4) is 0 Å². The van der Waals surface area contributed by atoms with Crippen LogP contribution >= 0.6 is 0 Å². The Hall–Kier alpha value is -4.46. The Balaban J connectivity index is 1.48. The van der Waals surface area contributed by atoms with Crippen molar-refractivity contribution in [1.82, 2.24) is 35.2 Å². The average Bonchev–Trinajstić information content (AvgIpc) is 3.56. The molecule has 3 heterocycles. The van der Waals surface area contributed by atoms with Gasteiger partial charge in [-0.25, -0.2) is 9.97 Å². The first kappa shape index (κ1) is 27.6. The van der Waals surface area contributed by atoms with Crippen LogP contribution in [-0.4, -0.2) is 55.5 Å². The Morgan fingerprint density at radius 3 is 2.67 bits per heavy atom. The highest BCUT2D eigenvalue weighted by Crippen LogP contribution is 2.36. The van der Waals surface area contributed by atoms with E-state index in [0.29, 0.717) is 48.6 Å². The lowest BCUT2D eigenvalue weighted by molar-refractivity contribution is -0.140. The average molecular weight is 544 g/mol. The Bertz CT molecular complexity index is 1480. The molecule has 0 bridgehead atoms. The van der Waals surface area contributed by atoms with Crippen LogP contribution in [0.15, 0.2) is 43.0 Å². The van der Waals surface area contributed by atoms with Gasteiger partial charge in [0.2, 0.25) is 5.91 Å². The van der Waals surface area contributed by atoms with Gasteiger partial charge in [0.1, 0.15) is 0 Å². The zero-order valence-electron chi connectivity index (χ0n) is 21.3. The van der Waals surface area contributed by atoms with Crippen molar-refractivity contribution in [1.29, 1.82) is 0 Å². The van der Waals surface area contributed by atoms with Crippen molar-refractivity contribution < 1.29 is 22.8 Å². The van der Waals surface area contributed by atoms with Gasteiger partial charge in [0, 0.05) is 42.9 Å². The van der Waals surface area contributed by atoms with Crippen LogP contribution in [0.25, 0.3) is 16.9 Å². The maximum atomic E-state index is 13.4. The molecule has 11 nitrogen and oxygen atoms in total. The van der Waals surface area contributed by atoms with Crippen LogP contribution in [0.4, 0.5) is 24.7 Å². The van der Waals surface area contributed by atoms with Gasteiger partial charge in [-0.1, -0.05) is 6.92 Å². The predicted molar refractivity (Wildman–Crippen MR) is 138 cm³/mol. The highest BCUT2D eigenvalue weighted by molar-refractivity contribution is 5.96. The number of imidazole rings is 1. The molecule has 6 N–H and O–H groups in total. The molecule has 0 fully saturated rings. The smallest absolute Gasteiger partial charge is 0.355 e. The first-order valence-corrected chi connectivity index (χ1v) is 12.2. The summed E-state index contributed by atoms with van der Waals surface area (Å²) in [7, 11) is 0. The summed E-state index contributed by atoms with van der Waals surface area (Å²) in [6.07, 6.45) is 1.97. The van der Waals surface area contributed by atoms with E-state index >= 15 is 0 Å². The largest absolute Gasteiger partial charge is 0.435 e. The number of benzene rings is 1. The number of carbonyl (C=O) groups is 2. The van der Waals surface area contributed by atoms with Crippen LogP contribution in [0.1, 0.15) is 41.9 Å². The predicted octanol–water partition coefficient (Wildman–Crippen LogP) is 3.03. The molecular formula is C25H28F3N9O2. The Labute approximate surface area is 221 Å². The van der Waals surface area contributed by atoms with Gasteiger partial charge in [-0.05, 0) is 43.5 Å². The van der Waals surface area contributed by atoms with Crippen LogP contribution in [0.2, 0.25) is 0 Å². The van der Waals surface area contributed by atoms with Gasteiger partial charge in [0.15, 0.2) is 17.2 Å². The third-order valence-corrected chi connectivity index (χ3v) is 5.96. The summed E-state index contributed by atoms with van der Waals surface area (Å²) in [6, 6.07) is 4.62. The first-order chi connectivity index (χ1) is 18.6. The number of carbonyl (C=O) groups excluding carboxylic acids is 2. The molecular weight excluding hydrogens is 515 g/mol. The lowest BCUT2D eigenvalue weighted by atomic mass is 10.0. The topological polar surface area (TPSA) is 155 Å². The summed E-state index contributed by atoms with van der Waals surface area (Å²) in [4.78, 5) is 32.8. The molecule has 1 atom stereocenters. The van der Waals surface area contributed by atoms with Crippen LogP contribution in [0, 0.1) is 0 Å². The molecule has 0 aliphatic heterocycles. The standard InChI is InChI=1S/C25H28F3N9O2/c1-3-15-11-16(5-6-17(15)24(39)32-8-4-7-31-23(38)14(2)29)35-21-22-33-13-19(37(22)10-9-30-21)18-12-34-36-20(18)25(26,27)28/h5-6,9-14H,3-4,7-8,29H2,1-2H3,(H,30,35)(H,31,38)(H,32,39)(H,34,36)/t14-/m1/s1. The first-order valence-electron chi connectivity index (χ1n) is 12.2. The molecule has 0 aliphatic carbocycles. The summed E-state index contributed by atoms with van der Waals surface area (Å²) in [5.41, 5.74) is 6.78. The molecule has 4 aromatic rings. The molecule has 0 radical (unpaired) electrons. The number of amides is 2. The second-order valence-corrected chi connectivity index (χ2v) is 8.80. The lowest BCUT2D eigenvalue weighted by Gasteiger charge is -2.13. The van der Waals surface area contributed by atoms with Crippen molar-refractivity contribution in [2.75, 3.05) is 18.4 Å². The number of halogens is 3. The van der Waals surface area contributed by atoms with E-state index in [9.17, 15) is 22.8 Å². The fourth-order valence-corrected chi connectivity index (χ4v) is 3.99. The normalized spacial score (nSPS) is 12.4. The zero-order chi connectivity index (χ0) is 28.2. The number of anilines is 2. The lowest BCUT2D eigenvalue weighted by Crippen LogP contribution is -2.39. The number of alkyl halides is 3. The van der Waals surface area contributed by atoms with Gasteiger partial charge in [0.25, 0.3) is 5.91 Å². The summed E-state index contributed by atoms with van der Waals surface area (Å²) in [6.45, 7) is 4.29. The van der Waals surface area contributed by atoms with Gasteiger partial charge in [0.05, 0.1) is 23.5 Å². The minimum Gasteiger partial charge on any atom is -0.355 e. The highest BCUT2D eigenvalue weighted by Gasteiger charge is 2.37. The molecule has 0 saturated carbocycles. The number of nitrogens with zero attached hydrogens (tertiary/aromatic N) is 4. The van der Waals surface area contributed by atoms with E-state index < -0.39 is 17.9 Å². The number of aryl methyl sites for hydroxylation is 1. The fourth-order valence-electron chi connectivity index (χ4n) is 3.99. The van der Waals surface area contributed by atoms with Crippen molar-refractivity contribution >= 4 is 29.0 Å². The van der Waals surface area contributed by atoms with E-state index in [2.05, 4.69) is 36.1 Å². The number of aromatic nitrogens is 5. The van der Waals surface area contributed by atoms with Gasteiger partial charge in [-0.2, -0.15) is 18.3 Å². The maximum absolute atomic E-state index is 13.4. The molecule has 0 spiro atoms. The summed E-state index contributed by atoms with van der Waals surface area (Å²) in [5.74, 6) is -0.161. The van der Waals surface area contributed by atoms with Crippen molar-refractivity contribution in [2.45, 2.75) is 38.9 Å².